The Balaban J connectivity index is 0.00000220. The van der Waals surface area contributed by atoms with Gasteiger partial charge < -0.3 is 10.2 Å². The molecule has 1 unspecified atom stereocenters. The van der Waals surface area contributed by atoms with Crippen molar-refractivity contribution in [3.63, 3.8) is 0 Å². The average Bonchev–Trinajstić information content (AvgIpc) is 2.90. The second kappa shape index (κ2) is 9.72. The highest BCUT2D eigenvalue weighted by Crippen LogP contribution is 2.27. The minimum atomic E-state index is 0. The Kier molecular flexibility index (Phi) is 8.71. The summed E-state index contributed by atoms with van der Waals surface area (Å²) in [5.74, 6) is 1.76. The highest BCUT2D eigenvalue weighted by atomic mass is 79.9. The van der Waals surface area contributed by atoms with E-state index >= 15 is 0 Å². The molecule has 1 amide bonds. The summed E-state index contributed by atoms with van der Waals surface area (Å²) in [7, 11) is 1.97. The lowest BCUT2D eigenvalue weighted by molar-refractivity contribution is -0.129. The number of likely N-dealkylation sites (tertiary alicyclic amines) is 1. The third-order valence-electron chi connectivity index (χ3n) is 3.54. The summed E-state index contributed by atoms with van der Waals surface area (Å²) in [6.07, 6.45) is 1.75. The number of carbonyl (C=O) groups excluding carboxylic acids is 1. The first-order valence-electron chi connectivity index (χ1n) is 7.00. The van der Waals surface area contributed by atoms with Crippen molar-refractivity contribution in [2.45, 2.75) is 17.7 Å². The van der Waals surface area contributed by atoms with Gasteiger partial charge in [-0.2, -0.15) is 0 Å². The fourth-order valence-corrected chi connectivity index (χ4v) is 3.99. The highest BCUT2D eigenvalue weighted by Gasteiger charge is 2.25. The summed E-state index contributed by atoms with van der Waals surface area (Å²) in [5.41, 5.74) is 0. The van der Waals surface area contributed by atoms with E-state index in [1.807, 2.05) is 30.1 Å². The van der Waals surface area contributed by atoms with E-state index in [9.17, 15) is 4.79 Å². The van der Waals surface area contributed by atoms with Crippen LogP contribution in [0.1, 0.15) is 12.8 Å². The fraction of sp³-hybridized carbons (Fsp3) is 0.533. The molecule has 3 nitrogen and oxygen atoms in total. The molecule has 1 aliphatic rings. The number of nitrogens with one attached hydrogen (secondary N) is 1. The average molecular weight is 394 g/mol. The lowest BCUT2D eigenvalue weighted by atomic mass is 10.1. The lowest BCUT2D eigenvalue weighted by Crippen LogP contribution is -2.30. The smallest absolute Gasteiger partial charge is 0.223 e. The van der Waals surface area contributed by atoms with Crippen molar-refractivity contribution in [1.29, 1.82) is 0 Å². The quantitative estimate of drug-likeness (QED) is 0.752. The molecule has 6 heteroatoms. The molecule has 1 aromatic carbocycles. The Hall–Kier alpha value is -0.230. The Bertz CT molecular complexity index is 461. The van der Waals surface area contributed by atoms with Crippen molar-refractivity contribution in [2.75, 3.05) is 32.4 Å². The SMILES string of the molecule is CNCC1CCN(C(=O)CCSc2ccccc2Br)C1.Cl. The van der Waals surface area contributed by atoms with E-state index < -0.39 is 0 Å². The van der Waals surface area contributed by atoms with Gasteiger partial charge in [0.1, 0.15) is 0 Å². The van der Waals surface area contributed by atoms with Crippen LogP contribution < -0.4 is 5.32 Å². The monoisotopic (exact) mass is 392 g/mol. The van der Waals surface area contributed by atoms with Crippen LogP contribution in [0.4, 0.5) is 0 Å². The molecule has 1 aromatic rings. The Labute approximate surface area is 145 Å². The first-order valence-corrected chi connectivity index (χ1v) is 8.78. The van der Waals surface area contributed by atoms with Crippen LogP contribution in [0.3, 0.4) is 0 Å². The van der Waals surface area contributed by atoms with Gasteiger partial charge in [-0.1, -0.05) is 12.1 Å². The van der Waals surface area contributed by atoms with Crippen molar-refractivity contribution in [1.82, 2.24) is 10.2 Å². The molecule has 0 bridgehead atoms. The zero-order valence-corrected chi connectivity index (χ0v) is 15.4. The summed E-state index contributed by atoms with van der Waals surface area (Å²) < 4.78 is 1.10. The number of hydrogen-bond acceptors (Lipinski definition) is 3. The minimum absolute atomic E-state index is 0. The van der Waals surface area contributed by atoms with Crippen molar-refractivity contribution in [3.8, 4) is 0 Å². The van der Waals surface area contributed by atoms with Crippen LogP contribution in [0.25, 0.3) is 0 Å². The highest BCUT2D eigenvalue weighted by molar-refractivity contribution is 9.10. The molecule has 0 spiro atoms. The molecule has 1 atom stereocenters. The number of rotatable bonds is 6. The topological polar surface area (TPSA) is 32.3 Å². The molecule has 1 N–H and O–H groups in total. The van der Waals surface area contributed by atoms with Gasteiger partial charge in [0.25, 0.3) is 0 Å². The predicted molar refractivity (Wildman–Crippen MR) is 95.3 cm³/mol. The number of thioether (sulfide) groups is 1. The van der Waals surface area contributed by atoms with Crippen LogP contribution in [-0.2, 0) is 4.79 Å². The Morgan fingerprint density at radius 1 is 1.48 bits per heavy atom. The van der Waals surface area contributed by atoms with Crippen LogP contribution in [0, 0.1) is 5.92 Å². The zero-order valence-electron chi connectivity index (χ0n) is 12.2. The molecular weight excluding hydrogens is 372 g/mol. The van der Waals surface area contributed by atoms with E-state index in [4.69, 9.17) is 0 Å². The third kappa shape index (κ3) is 5.81. The van der Waals surface area contributed by atoms with Crippen LogP contribution in [0.15, 0.2) is 33.6 Å². The lowest BCUT2D eigenvalue weighted by Gasteiger charge is -2.16. The second-order valence-electron chi connectivity index (χ2n) is 5.08. The van der Waals surface area contributed by atoms with Gasteiger partial charge in [-0.15, -0.1) is 24.2 Å². The number of carbonyl (C=O) groups is 1. The molecule has 0 saturated carbocycles. The first kappa shape index (κ1) is 18.8. The second-order valence-corrected chi connectivity index (χ2v) is 7.07. The van der Waals surface area contributed by atoms with Crippen LogP contribution in [0.5, 0.6) is 0 Å². The predicted octanol–water partition coefficient (Wildman–Crippen LogP) is 3.42. The van der Waals surface area contributed by atoms with Gasteiger partial charge >= 0.3 is 0 Å². The molecule has 1 fully saturated rings. The van der Waals surface area contributed by atoms with E-state index in [1.54, 1.807) is 11.8 Å². The summed E-state index contributed by atoms with van der Waals surface area (Å²) in [6, 6.07) is 8.15. The summed E-state index contributed by atoms with van der Waals surface area (Å²) in [6.45, 7) is 2.85. The van der Waals surface area contributed by atoms with Crippen molar-refractivity contribution in [2.24, 2.45) is 5.92 Å². The molecule has 2 rings (SSSR count). The first-order chi connectivity index (χ1) is 9.70. The van der Waals surface area contributed by atoms with Crippen molar-refractivity contribution >= 4 is 46.0 Å². The molecule has 21 heavy (non-hydrogen) atoms. The fourth-order valence-electron chi connectivity index (χ4n) is 2.48. The number of nitrogens with zero attached hydrogens (tertiary/aromatic N) is 1. The standard InChI is InChI=1S/C15H21BrN2OS.ClH/c1-17-10-12-6-8-18(11-12)15(19)7-9-20-14-5-3-2-4-13(14)16;/h2-5,12,17H,6-11H2,1H3;1H. The molecule has 0 aromatic heterocycles. The van der Waals surface area contributed by atoms with Crippen LogP contribution in [0.2, 0.25) is 0 Å². The zero-order chi connectivity index (χ0) is 14.4. The number of amides is 1. The summed E-state index contributed by atoms with van der Waals surface area (Å²) >= 11 is 5.27. The van der Waals surface area contributed by atoms with Gasteiger partial charge in [-0.05, 0) is 54.0 Å². The van der Waals surface area contributed by atoms with Gasteiger partial charge in [0.05, 0.1) is 0 Å². The summed E-state index contributed by atoms with van der Waals surface area (Å²) in [4.78, 5) is 15.4. The van der Waals surface area contributed by atoms with E-state index in [0.29, 0.717) is 18.2 Å². The van der Waals surface area contributed by atoms with Crippen LogP contribution >= 0.6 is 40.1 Å². The van der Waals surface area contributed by atoms with Crippen molar-refractivity contribution in [3.05, 3.63) is 28.7 Å². The maximum Gasteiger partial charge on any atom is 0.223 e. The largest absolute Gasteiger partial charge is 0.342 e. The van der Waals surface area contributed by atoms with Gasteiger partial charge in [-0.25, -0.2) is 0 Å². The van der Waals surface area contributed by atoms with E-state index in [0.717, 1.165) is 36.3 Å². The summed E-state index contributed by atoms with van der Waals surface area (Å²) in [5, 5.41) is 3.19. The molecular formula is C15H22BrClN2OS. The number of benzene rings is 1. The van der Waals surface area contributed by atoms with Gasteiger partial charge in [0, 0.05) is 34.6 Å². The van der Waals surface area contributed by atoms with E-state index in [2.05, 4.69) is 27.3 Å². The Morgan fingerprint density at radius 3 is 2.95 bits per heavy atom. The minimum Gasteiger partial charge on any atom is -0.342 e. The number of halogens is 2. The van der Waals surface area contributed by atoms with Gasteiger partial charge in [-0.3, -0.25) is 4.79 Å². The molecule has 0 aliphatic carbocycles. The molecule has 1 heterocycles. The van der Waals surface area contributed by atoms with Gasteiger partial charge in [0.15, 0.2) is 0 Å². The maximum atomic E-state index is 12.2. The van der Waals surface area contributed by atoms with Crippen LogP contribution in [-0.4, -0.2) is 43.2 Å². The third-order valence-corrected chi connectivity index (χ3v) is 5.57. The van der Waals surface area contributed by atoms with Crippen molar-refractivity contribution < 1.29 is 4.79 Å². The normalized spacial score (nSPS) is 17.6. The van der Waals surface area contributed by atoms with Gasteiger partial charge in [0.2, 0.25) is 5.91 Å². The number of hydrogen-bond donors (Lipinski definition) is 1. The maximum absolute atomic E-state index is 12.2. The van der Waals surface area contributed by atoms with E-state index in [-0.39, 0.29) is 12.4 Å². The molecule has 1 aliphatic heterocycles. The van der Waals surface area contributed by atoms with E-state index in [1.165, 1.54) is 4.90 Å². The molecule has 0 radical (unpaired) electrons. The molecule has 1 saturated heterocycles. The molecule has 118 valence electrons. The Morgan fingerprint density at radius 2 is 2.24 bits per heavy atom.